The van der Waals surface area contributed by atoms with Crippen LogP contribution in [-0.4, -0.2) is 18.5 Å². The maximum absolute atomic E-state index is 5.63. The number of rotatable bonds is 2. The SMILES string of the molecule is CC(C)C1=NCC(C(C)C)O1. The van der Waals surface area contributed by atoms with Crippen LogP contribution < -0.4 is 0 Å². The van der Waals surface area contributed by atoms with Crippen molar-refractivity contribution < 1.29 is 4.74 Å². The van der Waals surface area contributed by atoms with Gasteiger partial charge in [-0.25, -0.2) is 0 Å². The molecule has 64 valence electrons. The molecule has 0 saturated carbocycles. The van der Waals surface area contributed by atoms with Crippen LogP contribution in [0.5, 0.6) is 0 Å². The first-order valence-electron chi connectivity index (χ1n) is 4.32. The van der Waals surface area contributed by atoms with Gasteiger partial charge in [0.15, 0.2) is 5.90 Å². The lowest BCUT2D eigenvalue weighted by atomic mass is 10.1. The summed E-state index contributed by atoms with van der Waals surface area (Å²) in [6.07, 6.45) is 0.326. The van der Waals surface area contributed by atoms with E-state index >= 15 is 0 Å². The van der Waals surface area contributed by atoms with Crippen molar-refractivity contribution in [3.05, 3.63) is 0 Å². The van der Waals surface area contributed by atoms with Crippen LogP contribution in [0.1, 0.15) is 27.7 Å². The molecule has 1 rings (SSSR count). The highest BCUT2D eigenvalue weighted by Crippen LogP contribution is 2.16. The van der Waals surface area contributed by atoms with E-state index in [0.29, 0.717) is 17.9 Å². The maximum atomic E-state index is 5.63. The second kappa shape index (κ2) is 3.24. The van der Waals surface area contributed by atoms with Crippen LogP contribution in [0.4, 0.5) is 0 Å². The van der Waals surface area contributed by atoms with Crippen molar-refractivity contribution in [1.82, 2.24) is 0 Å². The standard InChI is InChI=1S/C9H17NO/c1-6(2)8-5-10-9(11-8)7(3)4/h6-8H,5H2,1-4H3. The third kappa shape index (κ3) is 1.95. The van der Waals surface area contributed by atoms with E-state index in [-0.39, 0.29) is 0 Å². The lowest BCUT2D eigenvalue weighted by Crippen LogP contribution is -2.21. The van der Waals surface area contributed by atoms with Crippen LogP contribution in [0.25, 0.3) is 0 Å². The van der Waals surface area contributed by atoms with E-state index in [1.54, 1.807) is 0 Å². The van der Waals surface area contributed by atoms with Gasteiger partial charge in [0.2, 0.25) is 0 Å². The second-order valence-electron chi connectivity index (χ2n) is 3.73. The lowest BCUT2D eigenvalue weighted by Gasteiger charge is -2.15. The molecule has 0 radical (unpaired) electrons. The van der Waals surface area contributed by atoms with Crippen LogP contribution in [0, 0.1) is 11.8 Å². The van der Waals surface area contributed by atoms with Crippen LogP contribution >= 0.6 is 0 Å². The second-order valence-corrected chi connectivity index (χ2v) is 3.73. The third-order valence-electron chi connectivity index (χ3n) is 1.94. The molecule has 0 aromatic rings. The topological polar surface area (TPSA) is 21.6 Å². The molecule has 1 atom stereocenters. The molecule has 11 heavy (non-hydrogen) atoms. The Morgan fingerprint density at radius 3 is 2.27 bits per heavy atom. The Morgan fingerprint density at radius 1 is 1.36 bits per heavy atom. The van der Waals surface area contributed by atoms with E-state index in [9.17, 15) is 0 Å². The fourth-order valence-corrected chi connectivity index (χ4v) is 1.08. The van der Waals surface area contributed by atoms with Gasteiger partial charge in [0.1, 0.15) is 6.10 Å². The first-order valence-corrected chi connectivity index (χ1v) is 4.32. The largest absolute Gasteiger partial charge is 0.475 e. The van der Waals surface area contributed by atoms with Gasteiger partial charge in [-0.05, 0) is 5.92 Å². The summed E-state index contributed by atoms with van der Waals surface area (Å²) in [7, 11) is 0. The van der Waals surface area contributed by atoms with Crippen molar-refractivity contribution in [1.29, 1.82) is 0 Å². The normalized spacial score (nSPS) is 24.2. The number of hydrogen-bond donors (Lipinski definition) is 0. The first kappa shape index (κ1) is 8.57. The Morgan fingerprint density at radius 2 is 2.00 bits per heavy atom. The Bertz CT molecular complexity index is 161. The molecule has 1 unspecified atom stereocenters. The zero-order chi connectivity index (χ0) is 8.43. The quantitative estimate of drug-likeness (QED) is 0.598. The minimum atomic E-state index is 0.326. The van der Waals surface area contributed by atoms with Gasteiger partial charge in [-0.2, -0.15) is 0 Å². The van der Waals surface area contributed by atoms with Gasteiger partial charge in [-0.1, -0.05) is 27.7 Å². The predicted molar refractivity (Wildman–Crippen MR) is 46.9 cm³/mol. The molecular formula is C9H17NO. The first-order chi connectivity index (χ1) is 5.11. The van der Waals surface area contributed by atoms with Gasteiger partial charge < -0.3 is 4.74 Å². The summed E-state index contributed by atoms with van der Waals surface area (Å²) in [5.41, 5.74) is 0. The average molecular weight is 155 g/mol. The van der Waals surface area contributed by atoms with Crippen LogP contribution in [-0.2, 0) is 4.74 Å². The Hall–Kier alpha value is -0.530. The Labute approximate surface area is 68.7 Å². The molecule has 0 aliphatic carbocycles. The Kier molecular flexibility index (Phi) is 2.53. The minimum Gasteiger partial charge on any atom is -0.475 e. The summed E-state index contributed by atoms with van der Waals surface area (Å²) in [6.45, 7) is 9.42. The third-order valence-corrected chi connectivity index (χ3v) is 1.94. The average Bonchev–Trinajstić information content (AvgIpc) is 2.33. The number of ether oxygens (including phenoxy) is 1. The Balaban J connectivity index is 2.43. The number of hydrogen-bond acceptors (Lipinski definition) is 2. The molecule has 1 aliphatic rings. The zero-order valence-electron chi connectivity index (χ0n) is 7.79. The molecule has 0 aromatic heterocycles. The van der Waals surface area contributed by atoms with Crippen molar-refractivity contribution >= 4 is 5.90 Å². The van der Waals surface area contributed by atoms with Crippen molar-refractivity contribution in [2.45, 2.75) is 33.8 Å². The molecule has 1 aliphatic heterocycles. The summed E-state index contributed by atoms with van der Waals surface area (Å²) in [5, 5.41) is 0. The molecule has 0 saturated heterocycles. The van der Waals surface area contributed by atoms with Gasteiger partial charge >= 0.3 is 0 Å². The monoisotopic (exact) mass is 155 g/mol. The lowest BCUT2D eigenvalue weighted by molar-refractivity contribution is 0.163. The molecule has 0 N–H and O–H groups in total. The molecule has 2 nitrogen and oxygen atoms in total. The molecule has 0 spiro atoms. The van der Waals surface area contributed by atoms with Crippen LogP contribution in [0.2, 0.25) is 0 Å². The van der Waals surface area contributed by atoms with Gasteiger partial charge in [0, 0.05) is 5.92 Å². The van der Waals surface area contributed by atoms with Gasteiger partial charge in [0.25, 0.3) is 0 Å². The molecular weight excluding hydrogens is 138 g/mol. The van der Waals surface area contributed by atoms with E-state index in [1.807, 2.05) is 0 Å². The van der Waals surface area contributed by atoms with E-state index in [0.717, 1.165) is 12.4 Å². The van der Waals surface area contributed by atoms with Crippen molar-refractivity contribution in [2.75, 3.05) is 6.54 Å². The van der Waals surface area contributed by atoms with Crippen molar-refractivity contribution in [2.24, 2.45) is 16.8 Å². The number of aliphatic imine (C=N–C) groups is 1. The van der Waals surface area contributed by atoms with Crippen LogP contribution in [0.15, 0.2) is 4.99 Å². The van der Waals surface area contributed by atoms with E-state index in [1.165, 1.54) is 0 Å². The molecule has 0 aromatic carbocycles. The van der Waals surface area contributed by atoms with E-state index < -0.39 is 0 Å². The van der Waals surface area contributed by atoms with Gasteiger partial charge in [-0.15, -0.1) is 0 Å². The summed E-state index contributed by atoms with van der Waals surface area (Å²) in [5.74, 6) is 1.96. The highest BCUT2D eigenvalue weighted by atomic mass is 16.5. The number of nitrogens with zero attached hydrogens (tertiary/aromatic N) is 1. The molecule has 2 heteroatoms. The summed E-state index contributed by atoms with van der Waals surface area (Å²) in [6, 6.07) is 0. The predicted octanol–water partition coefficient (Wildman–Crippen LogP) is 2.10. The summed E-state index contributed by atoms with van der Waals surface area (Å²) >= 11 is 0. The highest BCUT2D eigenvalue weighted by molar-refractivity contribution is 5.79. The molecule has 0 fully saturated rings. The van der Waals surface area contributed by atoms with E-state index in [4.69, 9.17) is 4.74 Å². The van der Waals surface area contributed by atoms with Crippen molar-refractivity contribution in [3.63, 3.8) is 0 Å². The fourth-order valence-electron chi connectivity index (χ4n) is 1.08. The maximum Gasteiger partial charge on any atom is 0.186 e. The highest BCUT2D eigenvalue weighted by Gasteiger charge is 2.23. The smallest absolute Gasteiger partial charge is 0.186 e. The van der Waals surface area contributed by atoms with E-state index in [2.05, 4.69) is 32.7 Å². The van der Waals surface area contributed by atoms with Gasteiger partial charge in [-0.3, -0.25) is 4.99 Å². The summed E-state index contributed by atoms with van der Waals surface area (Å²) < 4.78 is 5.63. The summed E-state index contributed by atoms with van der Waals surface area (Å²) in [4.78, 5) is 4.33. The molecule has 1 heterocycles. The van der Waals surface area contributed by atoms with Crippen molar-refractivity contribution in [3.8, 4) is 0 Å². The van der Waals surface area contributed by atoms with Gasteiger partial charge in [0.05, 0.1) is 6.54 Å². The zero-order valence-corrected chi connectivity index (χ0v) is 7.79. The van der Waals surface area contributed by atoms with Crippen LogP contribution in [0.3, 0.4) is 0 Å². The molecule has 0 amide bonds. The fraction of sp³-hybridized carbons (Fsp3) is 0.889. The molecule has 0 bridgehead atoms. The minimum absolute atomic E-state index is 0.326.